The van der Waals surface area contributed by atoms with Crippen LogP contribution < -0.4 is 36.5 Å². The van der Waals surface area contributed by atoms with Gasteiger partial charge >= 0.3 is 0 Å². The molecule has 40 heterocycles. The Balaban J connectivity index is 0.812. The Bertz CT molecular complexity index is 4760. The molecule has 0 saturated carbocycles. The highest BCUT2D eigenvalue weighted by molar-refractivity contribution is 5.88. The Morgan fingerprint density at radius 2 is 0.192 bits per heavy atom. The van der Waals surface area contributed by atoms with Gasteiger partial charge in [-0.05, 0) is 184 Å². The fourth-order valence-electron chi connectivity index (χ4n) is 15.2. The minimum absolute atomic E-state index is 0.755. The van der Waals surface area contributed by atoms with Crippen LogP contribution in [0.2, 0.25) is 0 Å². The van der Waals surface area contributed by atoms with Crippen molar-refractivity contribution in [2.45, 2.75) is 52.4 Å². The fraction of sp³-hybridized carbons (Fsp3) is 0.0833. The summed E-state index contributed by atoms with van der Waals surface area (Å²) < 4.78 is 18.3. The van der Waals surface area contributed by atoms with Gasteiger partial charge in [-0.2, -0.15) is 0 Å². The van der Waals surface area contributed by atoms with Crippen LogP contribution in [0.1, 0.15) is 44.5 Å². The standard InChI is InChI=1S/C96H76N8/c1-2-70-4-3-69(1)61-97-33-17-77(18-34-97)85-49-87-55-93(53-85)95-57-89-51-90(58-95)82-27-43-102(44-28-82)66-74-11-15-76(16-12-74)68-104-47-31-84(32-48-104)92-52-91(83-29-45-103(46-30-83)67-75-13-9-73(10-14-75)65-101-41-25-81(89)26-42-101)59-96(60-92)94-54-86(78-19-35-98(62-70)36-20-78)50-88(56-94)80-23-39-100(40-24-80)64-72-7-5-71(6-8-72)63-99-37-21-79(87)22-38-99/h1-60H,61-68H2/q+8. The molecule has 8 aromatic heterocycles. The maximum absolute atomic E-state index is 2.39. The molecule has 0 saturated heterocycles. The molecule has 0 fully saturated rings. The smallest absolute Gasteiger partial charge is 0.173 e. The van der Waals surface area contributed by atoms with E-state index < -0.39 is 0 Å². The Hall–Kier alpha value is -13.0. The van der Waals surface area contributed by atoms with E-state index in [2.05, 4.69) is 403 Å². The van der Waals surface area contributed by atoms with Crippen molar-refractivity contribution in [1.82, 2.24) is 0 Å². The van der Waals surface area contributed by atoms with Crippen LogP contribution in [0, 0.1) is 0 Å². The number of benzene rings is 8. The molecule has 0 amide bonds. The first-order valence-corrected chi connectivity index (χ1v) is 36.2. The summed E-state index contributed by atoms with van der Waals surface area (Å²) in [7, 11) is 0. The number of aromatic nitrogens is 8. The number of hydrogen-bond donors (Lipinski definition) is 0. The largest absolute Gasteiger partial charge is 0.201 e. The topological polar surface area (TPSA) is 31.0 Å². The third-order valence-electron chi connectivity index (χ3n) is 21.2. The molecule has 48 rings (SSSR count). The van der Waals surface area contributed by atoms with E-state index in [0.29, 0.717) is 0 Å². The lowest BCUT2D eigenvalue weighted by molar-refractivity contribution is -0.688. The Morgan fingerprint density at radius 3 is 0.288 bits per heavy atom. The Labute approximate surface area is 607 Å². The molecular weight excluding hydrogens is 1270 g/mol. The molecule has 36 bridgehead atoms. The maximum atomic E-state index is 2.39. The molecule has 104 heavy (non-hydrogen) atoms. The molecule has 8 aromatic carbocycles. The summed E-state index contributed by atoms with van der Waals surface area (Å²) in [6, 6.07) is 102. The molecule has 0 spiro atoms. The van der Waals surface area contributed by atoms with Crippen LogP contribution >= 0.6 is 0 Å². The van der Waals surface area contributed by atoms with Gasteiger partial charge in [0.2, 0.25) is 0 Å². The van der Waals surface area contributed by atoms with E-state index in [4.69, 9.17) is 0 Å². The van der Waals surface area contributed by atoms with Crippen molar-refractivity contribution < 1.29 is 36.5 Å². The van der Waals surface area contributed by atoms with Crippen molar-refractivity contribution in [2.75, 3.05) is 0 Å². The third-order valence-corrected chi connectivity index (χ3v) is 21.2. The molecule has 0 N–H and O–H groups in total. The van der Waals surface area contributed by atoms with E-state index >= 15 is 0 Å². The molecule has 32 aliphatic rings. The lowest BCUT2D eigenvalue weighted by Gasteiger charge is -2.14. The Morgan fingerprint density at radius 1 is 0.106 bits per heavy atom. The lowest BCUT2D eigenvalue weighted by Crippen LogP contribution is -2.34. The van der Waals surface area contributed by atoms with Gasteiger partial charge in [0.05, 0.1) is 0 Å². The van der Waals surface area contributed by atoms with E-state index in [9.17, 15) is 0 Å². The normalized spacial score (nSPS) is 12.7. The van der Waals surface area contributed by atoms with E-state index in [1.54, 1.807) is 0 Å². The number of rotatable bonds is 0. The molecule has 0 radical (unpaired) electrons. The van der Waals surface area contributed by atoms with Crippen LogP contribution in [0.25, 0.3) is 111 Å². The maximum Gasteiger partial charge on any atom is 0.173 e. The van der Waals surface area contributed by atoms with Crippen molar-refractivity contribution in [3.8, 4) is 111 Å². The minimum Gasteiger partial charge on any atom is -0.201 e. The lowest BCUT2D eigenvalue weighted by atomic mass is 9.90. The van der Waals surface area contributed by atoms with Gasteiger partial charge in [-0.15, -0.1) is 0 Å². The summed E-state index contributed by atoms with van der Waals surface area (Å²) in [5, 5.41) is 0. The van der Waals surface area contributed by atoms with Gasteiger partial charge in [0.1, 0.15) is 0 Å². The zero-order chi connectivity index (χ0) is 68.9. The SMILES string of the molecule is c1cc2ccc1C[n+]1ccc(cc1)-c1cc3cc(-c4cc5cc(c4)-c4cc[n+](cc4)Cc4ccc(cc4)C[n+]4ccc(cc4)-c4cc(cc(-c6cc(cc(c6)-c6cc[n+](cc6)Cc6ccc(cc6)C[n+]6ccc-3cc6)-c3cc[n+](cc3)C2)c4)-c2cc[n+](cc2)Cc2ccc(cc2)C[n+]2ccc-5cc2)c1. The van der Waals surface area contributed by atoms with Crippen molar-refractivity contribution >= 4 is 0 Å². The molecule has 0 unspecified atom stereocenters. The van der Waals surface area contributed by atoms with Crippen LogP contribution in [-0.4, -0.2) is 0 Å². The van der Waals surface area contributed by atoms with E-state index in [0.717, 1.165) is 164 Å². The van der Waals surface area contributed by atoms with Crippen LogP contribution in [0.15, 0.2) is 366 Å². The molecule has 492 valence electrons. The highest BCUT2D eigenvalue weighted by atomic mass is 15.0. The van der Waals surface area contributed by atoms with Crippen molar-refractivity contribution in [3.63, 3.8) is 0 Å². The zero-order valence-corrected chi connectivity index (χ0v) is 57.9. The van der Waals surface area contributed by atoms with Crippen LogP contribution in [0.5, 0.6) is 0 Å². The predicted molar refractivity (Wildman–Crippen MR) is 407 cm³/mol. The van der Waals surface area contributed by atoms with Gasteiger partial charge in [0.25, 0.3) is 0 Å². The zero-order valence-electron chi connectivity index (χ0n) is 57.9. The summed E-state index contributed by atoms with van der Waals surface area (Å²) in [6.07, 6.45) is 35.7. The van der Waals surface area contributed by atoms with E-state index in [1.807, 2.05) is 0 Å². The van der Waals surface area contributed by atoms with Gasteiger partial charge in [-0.1, -0.05) is 97.1 Å². The van der Waals surface area contributed by atoms with Gasteiger partial charge < -0.3 is 0 Å². The first kappa shape index (κ1) is 62.0. The average Bonchev–Trinajstić information content (AvgIpc) is 0.792. The molecular formula is C96H76N8+8. The summed E-state index contributed by atoms with van der Waals surface area (Å²) in [4.78, 5) is 0. The minimum atomic E-state index is 0.755. The average molecular weight is 1340 g/mol. The third kappa shape index (κ3) is 13.4. The van der Waals surface area contributed by atoms with Gasteiger partial charge in [-0.25, -0.2) is 36.5 Å². The number of pyridine rings is 8. The second-order valence-electron chi connectivity index (χ2n) is 28.5. The molecule has 0 atom stereocenters. The highest BCUT2D eigenvalue weighted by Crippen LogP contribution is 2.40. The summed E-state index contributed by atoms with van der Waals surface area (Å²) in [5.74, 6) is 0. The fourth-order valence-corrected chi connectivity index (χ4v) is 15.2. The second kappa shape index (κ2) is 26.8. The Kier molecular flexibility index (Phi) is 16.0. The van der Waals surface area contributed by atoms with Crippen LogP contribution in [0.4, 0.5) is 0 Å². The van der Waals surface area contributed by atoms with Crippen LogP contribution in [-0.2, 0) is 52.4 Å². The predicted octanol–water partition coefficient (Wildman–Crippen LogP) is 16.0. The number of hydrogen-bond acceptors (Lipinski definition) is 0. The first-order valence-electron chi connectivity index (χ1n) is 36.2. The first-order chi connectivity index (χ1) is 51.3. The van der Waals surface area contributed by atoms with Gasteiger partial charge in [-0.3, -0.25) is 0 Å². The van der Waals surface area contributed by atoms with Crippen molar-refractivity contribution in [3.05, 3.63) is 411 Å². The summed E-state index contributed by atoms with van der Waals surface area (Å²) in [6.45, 7) is 6.04. The monoisotopic (exact) mass is 1340 g/mol. The second-order valence-corrected chi connectivity index (χ2v) is 28.5. The quantitative estimate of drug-likeness (QED) is 0.136. The van der Waals surface area contributed by atoms with Crippen molar-refractivity contribution in [1.29, 1.82) is 0 Å². The van der Waals surface area contributed by atoms with E-state index in [-0.39, 0.29) is 0 Å². The summed E-state index contributed by atoms with van der Waals surface area (Å²) in [5.41, 5.74) is 33.1. The van der Waals surface area contributed by atoms with Gasteiger partial charge in [0.15, 0.2) is 152 Å². The molecule has 8 heteroatoms. The van der Waals surface area contributed by atoms with Crippen molar-refractivity contribution in [2.24, 2.45) is 0 Å². The summed E-state index contributed by atoms with van der Waals surface area (Å²) >= 11 is 0. The van der Waals surface area contributed by atoms with Crippen LogP contribution in [0.3, 0.4) is 0 Å². The molecule has 16 aromatic rings. The number of nitrogens with zero attached hydrogens (tertiary/aromatic N) is 8. The van der Waals surface area contributed by atoms with E-state index in [1.165, 1.54) is 44.5 Å². The highest BCUT2D eigenvalue weighted by Gasteiger charge is 2.21. The molecule has 32 aliphatic heterocycles. The van der Waals surface area contributed by atoms with Gasteiger partial charge in [0, 0.05) is 142 Å². The molecule has 8 nitrogen and oxygen atoms in total. The molecule has 0 aliphatic carbocycles.